The molecule has 0 aromatic rings. The molecule has 1 unspecified atom stereocenters. The Morgan fingerprint density at radius 2 is 2.20 bits per heavy atom. The summed E-state index contributed by atoms with van der Waals surface area (Å²) in [5.74, 6) is 0.352. The van der Waals surface area contributed by atoms with Gasteiger partial charge in [0.15, 0.2) is 0 Å². The highest BCUT2D eigenvalue weighted by Gasteiger charge is 2.04. The lowest BCUT2D eigenvalue weighted by Crippen LogP contribution is -2.12. The third-order valence-corrected chi connectivity index (χ3v) is 1.63. The molecule has 0 aliphatic carbocycles. The summed E-state index contributed by atoms with van der Waals surface area (Å²) in [5.41, 5.74) is 0. The summed E-state index contributed by atoms with van der Waals surface area (Å²) in [4.78, 5) is 0. The van der Waals surface area contributed by atoms with Crippen molar-refractivity contribution in [2.45, 2.75) is 26.2 Å². The van der Waals surface area contributed by atoms with Crippen molar-refractivity contribution in [2.75, 3.05) is 20.3 Å². The van der Waals surface area contributed by atoms with E-state index in [2.05, 4.69) is 6.92 Å². The largest absolute Gasteiger partial charge is 0.396 e. The molecule has 2 nitrogen and oxygen atoms in total. The van der Waals surface area contributed by atoms with E-state index in [0.29, 0.717) is 12.5 Å². The Balaban J connectivity index is 3.21. The lowest BCUT2D eigenvalue weighted by Gasteiger charge is -2.11. The summed E-state index contributed by atoms with van der Waals surface area (Å²) in [6, 6.07) is 0. The summed E-state index contributed by atoms with van der Waals surface area (Å²) < 4.78 is 4.93. The number of ether oxygens (including phenoxy) is 1. The third-order valence-electron chi connectivity index (χ3n) is 1.63. The molecule has 0 amide bonds. The van der Waals surface area contributed by atoms with Gasteiger partial charge < -0.3 is 9.84 Å². The molecular weight excluding hydrogens is 128 g/mol. The molecule has 62 valence electrons. The van der Waals surface area contributed by atoms with Crippen molar-refractivity contribution in [2.24, 2.45) is 5.92 Å². The third kappa shape index (κ3) is 4.77. The summed E-state index contributed by atoms with van der Waals surface area (Å²) in [6.45, 7) is 3.10. The Hall–Kier alpha value is -0.0800. The van der Waals surface area contributed by atoms with Gasteiger partial charge in [-0.1, -0.05) is 19.8 Å². The highest BCUT2D eigenvalue weighted by molar-refractivity contribution is 4.55. The minimum atomic E-state index is 0.258. The van der Waals surface area contributed by atoms with Crippen molar-refractivity contribution in [3.63, 3.8) is 0 Å². The lowest BCUT2D eigenvalue weighted by molar-refractivity contribution is 0.104. The first-order valence-corrected chi connectivity index (χ1v) is 3.95. The predicted molar refractivity (Wildman–Crippen MR) is 42.0 cm³/mol. The molecule has 1 atom stereocenters. The standard InChI is InChI=1S/C8H18O2/c1-3-4-5-8(6-9)7-10-2/h8-9H,3-7H2,1-2H3. The van der Waals surface area contributed by atoms with Crippen LogP contribution in [-0.2, 0) is 4.74 Å². The van der Waals surface area contributed by atoms with Crippen LogP contribution in [0.3, 0.4) is 0 Å². The molecule has 0 aliphatic heterocycles. The van der Waals surface area contributed by atoms with E-state index in [0.717, 1.165) is 6.42 Å². The van der Waals surface area contributed by atoms with Crippen LogP contribution in [0.25, 0.3) is 0 Å². The molecule has 0 heterocycles. The minimum Gasteiger partial charge on any atom is -0.396 e. The Labute approximate surface area is 63.2 Å². The zero-order chi connectivity index (χ0) is 7.82. The summed E-state index contributed by atoms with van der Waals surface area (Å²) in [7, 11) is 1.68. The Morgan fingerprint density at radius 3 is 2.60 bits per heavy atom. The van der Waals surface area contributed by atoms with Gasteiger partial charge in [-0.15, -0.1) is 0 Å². The molecule has 0 saturated carbocycles. The SMILES string of the molecule is CCCCC(CO)COC. The van der Waals surface area contributed by atoms with Crippen LogP contribution in [0.1, 0.15) is 26.2 Å². The molecule has 2 heteroatoms. The maximum Gasteiger partial charge on any atom is 0.0512 e. The molecule has 0 aromatic heterocycles. The van der Waals surface area contributed by atoms with E-state index in [1.165, 1.54) is 12.8 Å². The molecule has 0 saturated heterocycles. The van der Waals surface area contributed by atoms with Gasteiger partial charge in [-0.3, -0.25) is 0 Å². The average molecular weight is 146 g/mol. The molecule has 0 aromatic carbocycles. The van der Waals surface area contributed by atoms with Crippen molar-refractivity contribution >= 4 is 0 Å². The first-order chi connectivity index (χ1) is 4.85. The smallest absolute Gasteiger partial charge is 0.0512 e. The first kappa shape index (κ1) is 9.92. The van der Waals surface area contributed by atoms with E-state index < -0.39 is 0 Å². The van der Waals surface area contributed by atoms with Crippen molar-refractivity contribution in [3.05, 3.63) is 0 Å². The van der Waals surface area contributed by atoms with E-state index in [1.54, 1.807) is 7.11 Å². The van der Waals surface area contributed by atoms with E-state index in [4.69, 9.17) is 9.84 Å². The fraction of sp³-hybridized carbons (Fsp3) is 1.00. The summed E-state index contributed by atoms with van der Waals surface area (Å²) >= 11 is 0. The first-order valence-electron chi connectivity index (χ1n) is 3.95. The summed E-state index contributed by atoms with van der Waals surface area (Å²) in [5, 5.41) is 8.80. The number of rotatable bonds is 6. The molecule has 0 rings (SSSR count). The van der Waals surface area contributed by atoms with Crippen LogP contribution in [0.5, 0.6) is 0 Å². The molecule has 0 spiro atoms. The normalized spacial score (nSPS) is 13.5. The van der Waals surface area contributed by atoms with Crippen LogP contribution < -0.4 is 0 Å². The van der Waals surface area contributed by atoms with Gasteiger partial charge in [0, 0.05) is 19.6 Å². The van der Waals surface area contributed by atoms with E-state index in [-0.39, 0.29) is 6.61 Å². The van der Waals surface area contributed by atoms with Gasteiger partial charge in [0.1, 0.15) is 0 Å². The van der Waals surface area contributed by atoms with Crippen molar-refractivity contribution in [1.82, 2.24) is 0 Å². The van der Waals surface area contributed by atoms with E-state index >= 15 is 0 Å². The molecule has 0 fully saturated rings. The molecule has 0 radical (unpaired) electrons. The Kier molecular flexibility index (Phi) is 6.98. The van der Waals surface area contributed by atoms with Crippen molar-refractivity contribution < 1.29 is 9.84 Å². The molecule has 0 aliphatic rings. The predicted octanol–water partition coefficient (Wildman–Crippen LogP) is 1.43. The number of aliphatic hydroxyl groups is 1. The highest BCUT2D eigenvalue weighted by Crippen LogP contribution is 2.07. The van der Waals surface area contributed by atoms with Crippen LogP contribution in [0.15, 0.2) is 0 Å². The number of unbranched alkanes of at least 4 members (excludes halogenated alkanes) is 1. The fourth-order valence-corrected chi connectivity index (χ4v) is 0.956. The number of hydrogen-bond donors (Lipinski definition) is 1. The van der Waals surface area contributed by atoms with Gasteiger partial charge in [0.05, 0.1) is 6.61 Å². The molecule has 0 bridgehead atoms. The topological polar surface area (TPSA) is 29.5 Å². The molecular formula is C8H18O2. The zero-order valence-corrected chi connectivity index (χ0v) is 6.97. The van der Waals surface area contributed by atoms with Crippen LogP contribution >= 0.6 is 0 Å². The number of methoxy groups -OCH3 is 1. The average Bonchev–Trinajstić information content (AvgIpc) is 1.98. The van der Waals surface area contributed by atoms with Gasteiger partial charge in [-0.25, -0.2) is 0 Å². The second-order valence-electron chi connectivity index (χ2n) is 2.65. The maximum absolute atomic E-state index is 8.80. The molecule has 10 heavy (non-hydrogen) atoms. The van der Waals surface area contributed by atoms with Gasteiger partial charge >= 0.3 is 0 Å². The monoisotopic (exact) mass is 146 g/mol. The van der Waals surface area contributed by atoms with E-state index in [9.17, 15) is 0 Å². The van der Waals surface area contributed by atoms with Crippen LogP contribution in [0.2, 0.25) is 0 Å². The quantitative estimate of drug-likeness (QED) is 0.614. The lowest BCUT2D eigenvalue weighted by atomic mass is 10.0. The number of aliphatic hydroxyl groups excluding tert-OH is 1. The van der Waals surface area contributed by atoms with Gasteiger partial charge in [0.2, 0.25) is 0 Å². The van der Waals surface area contributed by atoms with E-state index in [1.807, 2.05) is 0 Å². The zero-order valence-electron chi connectivity index (χ0n) is 6.97. The van der Waals surface area contributed by atoms with Crippen molar-refractivity contribution in [1.29, 1.82) is 0 Å². The highest BCUT2D eigenvalue weighted by atomic mass is 16.5. The van der Waals surface area contributed by atoms with Crippen LogP contribution in [0.4, 0.5) is 0 Å². The summed E-state index contributed by atoms with van der Waals surface area (Å²) in [6.07, 6.45) is 3.47. The Morgan fingerprint density at radius 1 is 1.50 bits per heavy atom. The second-order valence-corrected chi connectivity index (χ2v) is 2.65. The molecule has 1 N–H and O–H groups in total. The maximum atomic E-state index is 8.80. The number of hydrogen-bond acceptors (Lipinski definition) is 2. The second kappa shape index (κ2) is 7.03. The van der Waals surface area contributed by atoms with Crippen LogP contribution in [-0.4, -0.2) is 25.4 Å². The fourth-order valence-electron chi connectivity index (χ4n) is 0.956. The van der Waals surface area contributed by atoms with Gasteiger partial charge in [-0.05, 0) is 6.42 Å². The van der Waals surface area contributed by atoms with Gasteiger partial charge in [-0.2, -0.15) is 0 Å². The van der Waals surface area contributed by atoms with Crippen LogP contribution in [0, 0.1) is 5.92 Å². The van der Waals surface area contributed by atoms with Crippen molar-refractivity contribution in [3.8, 4) is 0 Å². The Bertz CT molecular complexity index is 64.3. The van der Waals surface area contributed by atoms with Gasteiger partial charge in [0.25, 0.3) is 0 Å². The minimum absolute atomic E-state index is 0.258.